The summed E-state index contributed by atoms with van der Waals surface area (Å²) in [4.78, 5) is 14.0. The summed E-state index contributed by atoms with van der Waals surface area (Å²) >= 11 is 3.48. The number of ketones is 1. The van der Waals surface area contributed by atoms with E-state index in [1.165, 1.54) is 11.6 Å². The molecule has 1 aliphatic heterocycles. The molecule has 0 radical (unpaired) electrons. The van der Waals surface area contributed by atoms with Crippen LogP contribution < -0.4 is 14.7 Å². The van der Waals surface area contributed by atoms with Crippen molar-refractivity contribution in [1.82, 2.24) is 0 Å². The summed E-state index contributed by atoms with van der Waals surface area (Å²) < 4.78 is 6.79. The third kappa shape index (κ3) is 4.11. The lowest BCUT2D eigenvalue weighted by atomic mass is 10.0. The van der Waals surface area contributed by atoms with Crippen molar-refractivity contribution in [3.8, 4) is 11.5 Å². The van der Waals surface area contributed by atoms with Gasteiger partial charge in [0.05, 0.1) is 12.6 Å². The second-order valence-electron chi connectivity index (χ2n) is 7.18. The van der Waals surface area contributed by atoms with Gasteiger partial charge >= 0.3 is 0 Å². The monoisotopic (exact) mass is 449 g/mol. The van der Waals surface area contributed by atoms with Crippen LogP contribution in [0, 0.1) is 0 Å². The number of allylic oxidation sites excluding steroid dienone is 1. The van der Waals surface area contributed by atoms with Gasteiger partial charge < -0.3 is 14.7 Å². The highest BCUT2D eigenvalue weighted by Gasteiger charge is 2.30. The summed E-state index contributed by atoms with van der Waals surface area (Å²) in [7, 11) is 2.03. The first-order valence-electron chi connectivity index (χ1n) is 9.40. The molecule has 4 nitrogen and oxygen atoms in total. The highest BCUT2D eigenvalue weighted by Crippen LogP contribution is 2.38. The maximum atomic E-state index is 12.8. The van der Waals surface area contributed by atoms with E-state index in [0.29, 0.717) is 23.4 Å². The molecule has 3 aromatic carbocycles. The average molecular weight is 450 g/mol. The number of nitrogens with one attached hydrogen (secondary N) is 1. The molecule has 1 atom stereocenters. The number of ether oxygens (including phenoxy) is 1. The Labute approximate surface area is 178 Å². The van der Waals surface area contributed by atoms with Crippen LogP contribution in [0.15, 0.2) is 77.0 Å². The van der Waals surface area contributed by atoms with Crippen molar-refractivity contribution in [2.75, 3.05) is 7.05 Å². The van der Waals surface area contributed by atoms with Gasteiger partial charge in [-0.25, -0.2) is 0 Å². The number of rotatable bonds is 5. The van der Waals surface area contributed by atoms with Gasteiger partial charge in [-0.2, -0.15) is 0 Å². The summed E-state index contributed by atoms with van der Waals surface area (Å²) in [5, 5.41) is 12.6. The third-order valence-electron chi connectivity index (χ3n) is 4.92. The first kappa shape index (κ1) is 19.4. The Hall–Kier alpha value is -2.89. The molecule has 0 bridgehead atoms. The van der Waals surface area contributed by atoms with Crippen molar-refractivity contribution in [2.24, 2.45) is 0 Å². The minimum atomic E-state index is -0.197. The van der Waals surface area contributed by atoms with Crippen LogP contribution in [0.4, 0.5) is 0 Å². The van der Waals surface area contributed by atoms with Crippen molar-refractivity contribution >= 4 is 27.8 Å². The lowest BCUT2D eigenvalue weighted by Crippen LogP contribution is -3.06. The molecule has 3 aromatic rings. The molecule has 0 aromatic heterocycles. The van der Waals surface area contributed by atoms with E-state index in [1.807, 2.05) is 49.5 Å². The summed E-state index contributed by atoms with van der Waals surface area (Å²) in [5.74, 6) is 0.330. The molecule has 5 heteroatoms. The standard InChI is InChI=1S/C24H20BrNO3/c1-26(14-16-7-3-2-4-8-16)15-19-21(27)12-11-18-23(28)22(29-24(18)19)13-17-9-5-6-10-20(17)25/h2-13,27H,14-15H2,1H3. The zero-order valence-electron chi connectivity index (χ0n) is 15.9. The van der Waals surface area contributed by atoms with E-state index < -0.39 is 0 Å². The van der Waals surface area contributed by atoms with Crippen molar-refractivity contribution in [3.63, 3.8) is 0 Å². The number of quaternary nitrogens is 1. The normalized spacial score (nSPS) is 15.2. The van der Waals surface area contributed by atoms with Gasteiger partial charge in [0, 0.05) is 15.6 Å². The summed E-state index contributed by atoms with van der Waals surface area (Å²) in [6, 6.07) is 20.8. The summed E-state index contributed by atoms with van der Waals surface area (Å²) in [6.45, 7) is 1.25. The van der Waals surface area contributed by atoms with Crippen LogP contribution in [0.25, 0.3) is 6.08 Å². The van der Waals surface area contributed by atoms with Crippen LogP contribution in [-0.4, -0.2) is 12.8 Å². The van der Waals surface area contributed by atoms with E-state index >= 15 is 0 Å². The zero-order chi connectivity index (χ0) is 20.4. The van der Waals surface area contributed by atoms with Gasteiger partial charge in [0.15, 0.2) is 5.76 Å². The predicted octanol–water partition coefficient (Wildman–Crippen LogP) is 3.35. The molecule has 146 valence electrons. The number of carbonyl (C=O) groups excluding carboxylic acids is 1. The highest BCUT2D eigenvalue weighted by molar-refractivity contribution is 9.10. The fraction of sp³-hybridized carbons (Fsp3) is 0.125. The van der Waals surface area contributed by atoms with E-state index in [2.05, 4.69) is 28.1 Å². The molecule has 0 spiro atoms. The van der Waals surface area contributed by atoms with Crippen molar-refractivity contribution in [2.45, 2.75) is 13.1 Å². The zero-order valence-corrected chi connectivity index (χ0v) is 17.5. The molecule has 0 saturated carbocycles. The van der Waals surface area contributed by atoms with E-state index in [4.69, 9.17) is 4.74 Å². The van der Waals surface area contributed by atoms with Crippen molar-refractivity contribution in [1.29, 1.82) is 0 Å². The van der Waals surface area contributed by atoms with Crippen LogP contribution in [0.1, 0.15) is 27.0 Å². The summed E-state index contributed by atoms with van der Waals surface area (Å²) in [6.07, 6.45) is 1.71. The van der Waals surface area contributed by atoms with Crippen LogP contribution in [0.3, 0.4) is 0 Å². The first-order chi connectivity index (χ1) is 14.0. The molecule has 29 heavy (non-hydrogen) atoms. The second-order valence-corrected chi connectivity index (χ2v) is 8.03. The Morgan fingerprint density at radius 3 is 2.48 bits per heavy atom. The molecule has 4 rings (SSSR count). The number of fused-ring (bicyclic) bond motifs is 1. The van der Waals surface area contributed by atoms with Crippen LogP contribution in [-0.2, 0) is 13.1 Å². The maximum Gasteiger partial charge on any atom is 0.231 e. The number of carbonyl (C=O) groups is 1. The van der Waals surface area contributed by atoms with E-state index in [0.717, 1.165) is 21.5 Å². The fourth-order valence-electron chi connectivity index (χ4n) is 3.50. The fourth-order valence-corrected chi connectivity index (χ4v) is 3.90. The van der Waals surface area contributed by atoms with Gasteiger partial charge in [-0.05, 0) is 23.8 Å². The predicted molar refractivity (Wildman–Crippen MR) is 114 cm³/mol. The Morgan fingerprint density at radius 1 is 1.00 bits per heavy atom. The van der Waals surface area contributed by atoms with Gasteiger partial charge in [0.25, 0.3) is 0 Å². The molecule has 1 heterocycles. The molecular weight excluding hydrogens is 430 g/mol. The molecular formula is C24H20BrNO3. The minimum Gasteiger partial charge on any atom is -0.872 e. The molecule has 0 saturated heterocycles. The van der Waals surface area contributed by atoms with E-state index in [1.54, 1.807) is 12.1 Å². The number of benzene rings is 3. The quantitative estimate of drug-likeness (QED) is 0.607. The van der Waals surface area contributed by atoms with E-state index in [-0.39, 0.29) is 17.3 Å². The molecule has 0 aliphatic carbocycles. The lowest BCUT2D eigenvalue weighted by molar-refractivity contribution is -0.907. The average Bonchev–Trinajstić information content (AvgIpc) is 3.02. The molecule has 1 N–H and O–H groups in total. The number of Topliss-reactive ketones (excluding diaryl/α,β-unsaturated/α-hetero) is 1. The largest absolute Gasteiger partial charge is 0.872 e. The summed E-state index contributed by atoms with van der Waals surface area (Å²) in [5.41, 5.74) is 3.03. The Bertz CT molecular complexity index is 1090. The van der Waals surface area contributed by atoms with Crippen molar-refractivity contribution < 1.29 is 19.5 Å². The maximum absolute atomic E-state index is 12.8. The van der Waals surface area contributed by atoms with Gasteiger partial charge in [0.1, 0.15) is 18.8 Å². The minimum absolute atomic E-state index is 0.105. The lowest BCUT2D eigenvalue weighted by Gasteiger charge is -2.20. The molecule has 0 fully saturated rings. The van der Waals surface area contributed by atoms with Crippen LogP contribution in [0.2, 0.25) is 0 Å². The first-order valence-corrected chi connectivity index (χ1v) is 10.2. The second kappa shape index (κ2) is 8.23. The third-order valence-corrected chi connectivity index (χ3v) is 5.64. The van der Waals surface area contributed by atoms with Gasteiger partial charge in [-0.3, -0.25) is 4.79 Å². The highest BCUT2D eigenvalue weighted by atomic mass is 79.9. The van der Waals surface area contributed by atoms with Crippen LogP contribution in [0.5, 0.6) is 11.5 Å². The Balaban J connectivity index is 1.62. The molecule has 0 amide bonds. The Morgan fingerprint density at radius 2 is 1.72 bits per heavy atom. The number of hydrogen-bond donors (Lipinski definition) is 1. The topological polar surface area (TPSA) is 53.8 Å². The number of hydrogen-bond acceptors (Lipinski definition) is 3. The molecule has 1 aliphatic rings. The van der Waals surface area contributed by atoms with Gasteiger partial charge in [0.2, 0.25) is 5.78 Å². The van der Waals surface area contributed by atoms with E-state index in [9.17, 15) is 9.90 Å². The number of halogens is 1. The smallest absolute Gasteiger partial charge is 0.231 e. The SMILES string of the molecule is C[NH+](Cc1ccccc1)Cc1c([O-])ccc2c1OC(=Cc1ccccc1Br)C2=O. The molecule has 1 unspecified atom stereocenters. The Kier molecular flexibility index (Phi) is 5.51. The van der Waals surface area contributed by atoms with Gasteiger partial charge in [-0.15, -0.1) is 0 Å². The van der Waals surface area contributed by atoms with Gasteiger partial charge in [-0.1, -0.05) is 76.3 Å². The van der Waals surface area contributed by atoms with Crippen molar-refractivity contribution in [3.05, 3.63) is 99.2 Å². The van der Waals surface area contributed by atoms with Crippen LogP contribution >= 0.6 is 15.9 Å².